The number of aromatic nitrogens is 1. The molecule has 1 atom stereocenters. The fraction of sp³-hybridized carbons (Fsp3) is 0.192. The minimum atomic E-state index is -0.902. The predicted octanol–water partition coefficient (Wildman–Crippen LogP) is 4.34. The summed E-state index contributed by atoms with van der Waals surface area (Å²) in [6.07, 6.45) is 3.18. The van der Waals surface area contributed by atoms with Crippen molar-refractivity contribution < 1.29 is 24.2 Å². The molecule has 2 aromatic carbocycles. The number of benzene rings is 2. The zero-order valence-electron chi connectivity index (χ0n) is 18.8. The van der Waals surface area contributed by atoms with E-state index in [1.807, 2.05) is 19.9 Å². The van der Waals surface area contributed by atoms with Crippen molar-refractivity contribution in [2.45, 2.75) is 19.9 Å². The molecule has 3 aromatic rings. The van der Waals surface area contributed by atoms with Crippen molar-refractivity contribution in [2.75, 3.05) is 19.1 Å². The van der Waals surface area contributed by atoms with Gasteiger partial charge in [0.15, 0.2) is 0 Å². The summed E-state index contributed by atoms with van der Waals surface area (Å²) >= 11 is 0. The maximum Gasteiger partial charge on any atom is 0.300 e. The first-order chi connectivity index (χ1) is 15.9. The second kappa shape index (κ2) is 8.78. The number of rotatable bonds is 5. The van der Waals surface area contributed by atoms with Crippen molar-refractivity contribution in [2.24, 2.45) is 0 Å². The van der Waals surface area contributed by atoms with Gasteiger partial charge in [-0.3, -0.25) is 19.5 Å². The Morgan fingerprint density at radius 1 is 1.03 bits per heavy atom. The molecule has 0 saturated carbocycles. The number of aliphatic hydroxyl groups is 1. The Hall–Kier alpha value is -4.13. The van der Waals surface area contributed by atoms with Crippen LogP contribution in [0.1, 0.15) is 28.3 Å². The van der Waals surface area contributed by atoms with Crippen LogP contribution in [0.2, 0.25) is 0 Å². The summed E-state index contributed by atoms with van der Waals surface area (Å²) in [5.74, 6) is -1.00. The van der Waals surface area contributed by atoms with Gasteiger partial charge in [-0.05, 0) is 54.8 Å². The van der Waals surface area contributed by atoms with E-state index in [1.54, 1.807) is 54.9 Å². The molecule has 0 radical (unpaired) electrons. The zero-order chi connectivity index (χ0) is 23.7. The minimum absolute atomic E-state index is 0.0396. The Balaban J connectivity index is 2.02. The number of amides is 1. The topological polar surface area (TPSA) is 89.0 Å². The van der Waals surface area contributed by atoms with Crippen LogP contribution in [0, 0.1) is 13.8 Å². The SMILES string of the molecule is COc1ccccc1N1C(=O)C(=O)/C(=C(/O)c2cc(C)cc(C)c2OC)C1c1cccnc1. The zero-order valence-corrected chi connectivity index (χ0v) is 18.8. The number of Topliss-reactive ketones (excluding diaryl/α,β-unsaturated/α-hetero) is 1. The van der Waals surface area contributed by atoms with Gasteiger partial charge in [-0.15, -0.1) is 0 Å². The van der Waals surface area contributed by atoms with E-state index in [-0.39, 0.29) is 11.3 Å². The van der Waals surface area contributed by atoms with Crippen LogP contribution in [0.25, 0.3) is 5.76 Å². The third-order valence-electron chi connectivity index (χ3n) is 5.67. The van der Waals surface area contributed by atoms with Crippen LogP contribution in [0.5, 0.6) is 11.5 Å². The first-order valence-corrected chi connectivity index (χ1v) is 10.4. The molecule has 33 heavy (non-hydrogen) atoms. The molecule has 1 N–H and O–H groups in total. The molecule has 0 bridgehead atoms. The van der Waals surface area contributed by atoms with Crippen molar-refractivity contribution in [1.82, 2.24) is 4.98 Å². The highest BCUT2D eigenvalue weighted by Gasteiger charge is 2.48. The van der Waals surface area contributed by atoms with Gasteiger partial charge in [0.2, 0.25) is 0 Å². The summed E-state index contributed by atoms with van der Waals surface area (Å²) in [5.41, 5.74) is 2.99. The van der Waals surface area contributed by atoms with Gasteiger partial charge in [0.05, 0.1) is 37.1 Å². The van der Waals surface area contributed by atoms with Crippen molar-refractivity contribution in [3.63, 3.8) is 0 Å². The molecule has 4 rings (SSSR count). The molecule has 1 aliphatic rings. The number of nitrogens with zero attached hydrogens (tertiary/aromatic N) is 2. The van der Waals surface area contributed by atoms with E-state index in [0.717, 1.165) is 11.1 Å². The predicted molar refractivity (Wildman–Crippen MR) is 124 cm³/mol. The third-order valence-corrected chi connectivity index (χ3v) is 5.67. The van der Waals surface area contributed by atoms with E-state index in [0.29, 0.717) is 28.3 Å². The van der Waals surface area contributed by atoms with Gasteiger partial charge in [0.1, 0.15) is 17.3 Å². The number of pyridine rings is 1. The summed E-state index contributed by atoms with van der Waals surface area (Å²) in [6, 6.07) is 13.2. The minimum Gasteiger partial charge on any atom is -0.507 e. The Morgan fingerprint density at radius 2 is 1.79 bits per heavy atom. The normalized spacial score (nSPS) is 17.3. The lowest BCUT2D eigenvalue weighted by Crippen LogP contribution is -2.29. The summed E-state index contributed by atoms with van der Waals surface area (Å²) in [7, 11) is 3.00. The Bertz CT molecular complexity index is 1270. The van der Waals surface area contributed by atoms with Crippen LogP contribution in [0.3, 0.4) is 0 Å². The first-order valence-electron chi connectivity index (χ1n) is 10.4. The molecule has 1 aromatic heterocycles. The molecule has 1 aliphatic heterocycles. The fourth-order valence-corrected chi connectivity index (χ4v) is 4.31. The number of methoxy groups -OCH3 is 2. The number of carbonyl (C=O) groups is 2. The Morgan fingerprint density at radius 3 is 2.45 bits per heavy atom. The highest BCUT2D eigenvalue weighted by Crippen LogP contribution is 2.45. The lowest BCUT2D eigenvalue weighted by Gasteiger charge is -2.26. The molecule has 168 valence electrons. The number of anilines is 1. The maximum absolute atomic E-state index is 13.3. The van der Waals surface area contributed by atoms with Crippen LogP contribution >= 0.6 is 0 Å². The number of aliphatic hydroxyl groups excluding tert-OH is 1. The summed E-state index contributed by atoms with van der Waals surface area (Å²) in [5, 5.41) is 11.4. The lowest BCUT2D eigenvalue weighted by atomic mass is 9.94. The van der Waals surface area contributed by atoms with E-state index >= 15 is 0 Å². The summed E-state index contributed by atoms with van der Waals surface area (Å²) in [4.78, 5) is 32.2. The van der Waals surface area contributed by atoms with Gasteiger partial charge < -0.3 is 14.6 Å². The third kappa shape index (κ3) is 3.71. The van der Waals surface area contributed by atoms with Gasteiger partial charge in [-0.2, -0.15) is 0 Å². The van der Waals surface area contributed by atoms with Crippen LogP contribution in [0.15, 0.2) is 66.5 Å². The monoisotopic (exact) mass is 444 g/mol. The van der Waals surface area contributed by atoms with E-state index in [4.69, 9.17) is 9.47 Å². The molecule has 2 heterocycles. The second-order valence-electron chi connectivity index (χ2n) is 7.79. The summed E-state index contributed by atoms with van der Waals surface area (Å²) in [6.45, 7) is 3.74. The van der Waals surface area contributed by atoms with Crippen molar-refractivity contribution in [3.8, 4) is 11.5 Å². The number of hydrogen-bond acceptors (Lipinski definition) is 6. The lowest BCUT2D eigenvalue weighted by molar-refractivity contribution is -0.132. The first kappa shape index (κ1) is 22.1. The van der Waals surface area contributed by atoms with Gasteiger partial charge in [0.25, 0.3) is 11.7 Å². The summed E-state index contributed by atoms with van der Waals surface area (Å²) < 4.78 is 11.0. The molecular formula is C26H24N2O5. The molecular weight excluding hydrogens is 420 g/mol. The standard InChI is InChI=1S/C26H24N2O5/c1-15-12-16(2)25(33-4)18(13-15)23(29)21-22(17-8-7-11-27-14-17)28(26(31)24(21)30)19-9-5-6-10-20(19)32-3/h5-14,22,29H,1-4H3/b23-21+. The van der Waals surface area contributed by atoms with Crippen LogP contribution < -0.4 is 14.4 Å². The van der Waals surface area contributed by atoms with Crippen molar-refractivity contribution >= 4 is 23.1 Å². The Kier molecular flexibility index (Phi) is 5.87. The van der Waals surface area contributed by atoms with Crippen LogP contribution in [0.4, 0.5) is 5.69 Å². The molecule has 7 heteroatoms. The number of para-hydroxylation sites is 2. The number of hydrogen-bond donors (Lipinski definition) is 1. The average Bonchev–Trinajstić information content (AvgIpc) is 3.09. The van der Waals surface area contributed by atoms with Gasteiger partial charge in [-0.25, -0.2) is 0 Å². The smallest absolute Gasteiger partial charge is 0.300 e. The van der Waals surface area contributed by atoms with Crippen LogP contribution in [-0.2, 0) is 9.59 Å². The molecule has 7 nitrogen and oxygen atoms in total. The second-order valence-corrected chi connectivity index (χ2v) is 7.79. The molecule has 1 saturated heterocycles. The number of carbonyl (C=O) groups excluding carboxylic acids is 2. The number of ether oxygens (including phenoxy) is 2. The number of aryl methyl sites for hydroxylation is 2. The van der Waals surface area contributed by atoms with E-state index < -0.39 is 17.7 Å². The highest BCUT2D eigenvalue weighted by atomic mass is 16.5. The van der Waals surface area contributed by atoms with Crippen molar-refractivity contribution in [3.05, 3.63) is 88.8 Å². The van der Waals surface area contributed by atoms with Gasteiger partial charge >= 0.3 is 0 Å². The quantitative estimate of drug-likeness (QED) is 0.358. The molecule has 1 amide bonds. The van der Waals surface area contributed by atoms with E-state index in [2.05, 4.69) is 4.98 Å². The van der Waals surface area contributed by atoms with E-state index in [1.165, 1.54) is 19.1 Å². The molecule has 1 unspecified atom stereocenters. The van der Waals surface area contributed by atoms with Crippen LogP contribution in [-0.4, -0.2) is 36.0 Å². The molecule has 1 fully saturated rings. The van der Waals surface area contributed by atoms with Gasteiger partial charge in [0, 0.05) is 12.4 Å². The largest absolute Gasteiger partial charge is 0.507 e. The van der Waals surface area contributed by atoms with Crippen molar-refractivity contribution in [1.29, 1.82) is 0 Å². The Labute approximate surface area is 191 Å². The molecule has 0 aliphatic carbocycles. The van der Waals surface area contributed by atoms with E-state index in [9.17, 15) is 14.7 Å². The average molecular weight is 444 g/mol. The van der Waals surface area contributed by atoms with Gasteiger partial charge in [-0.1, -0.05) is 24.3 Å². The molecule has 0 spiro atoms. The highest BCUT2D eigenvalue weighted by molar-refractivity contribution is 6.52. The number of ketones is 1. The fourth-order valence-electron chi connectivity index (χ4n) is 4.31. The maximum atomic E-state index is 13.3.